The Balaban J connectivity index is 1.35. The van der Waals surface area contributed by atoms with E-state index in [1.54, 1.807) is 68.8 Å². The second-order valence-electron chi connectivity index (χ2n) is 7.77. The van der Waals surface area contributed by atoms with E-state index in [9.17, 15) is 13.2 Å². The number of thiazole rings is 1. The van der Waals surface area contributed by atoms with E-state index in [1.807, 2.05) is 29.6 Å². The Morgan fingerprint density at radius 3 is 2.14 bits per heavy atom. The summed E-state index contributed by atoms with van der Waals surface area (Å²) >= 11 is 1.33. The molecule has 9 heteroatoms. The zero-order valence-corrected chi connectivity index (χ0v) is 21.3. The first-order valence-electron chi connectivity index (χ1n) is 10.9. The van der Waals surface area contributed by atoms with Crippen LogP contribution in [0.2, 0.25) is 0 Å². The van der Waals surface area contributed by atoms with Crippen LogP contribution in [0, 0.1) is 0 Å². The summed E-state index contributed by atoms with van der Waals surface area (Å²) < 4.78 is 35.8. The van der Waals surface area contributed by atoms with Crippen LogP contribution in [0.1, 0.15) is 11.1 Å². The molecule has 0 saturated heterocycles. The van der Waals surface area contributed by atoms with Gasteiger partial charge >= 0.3 is 0 Å². The molecule has 1 heterocycles. The highest BCUT2D eigenvalue weighted by molar-refractivity contribution is 7.90. The third kappa shape index (κ3) is 6.38. The summed E-state index contributed by atoms with van der Waals surface area (Å²) in [5.74, 6) is 0.988. The quantitative estimate of drug-likeness (QED) is 0.295. The molecule has 3 aromatic carbocycles. The minimum atomic E-state index is -3.50. The second kappa shape index (κ2) is 11.2. The van der Waals surface area contributed by atoms with Crippen molar-refractivity contribution in [2.75, 3.05) is 19.5 Å². The number of methoxy groups -OCH3 is 2. The number of benzene rings is 3. The average Bonchev–Trinajstić information content (AvgIpc) is 3.36. The highest BCUT2D eigenvalue weighted by Crippen LogP contribution is 2.26. The third-order valence-corrected chi connectivity index (χ3v) is 7.76. The van der Waals surface area contributed by atoms with Gasteiger partial charge < -0.3 is 9.47 Å². The van der Waals surface area contributed by atoms with E-state index in [2.05, 4.69) is 10.3 Å². The van der Waals surface area contributed by atoms with Gasteiger partial charge in [0.05, 0.1) is 30.6 Å². The van der Waals surface area contributed by atoms with Gasteiger partial charge in [0.2, 0.25) is 5.91 Å². The van der Waals surface area contributed by atoms with Gasteiger partial charge in [-0.2, -0.15) is 0 Å². The predicted molar refractivity (Wildman–Crippen MR) is 142 cm³/mol. The summed E-state index contributed by atoms with van der Waals surface area (Å²) in [4.78, 5) is 17.0. The minimum absolute atomic E-state index is 0.110. The van der Waals surface area contributed by atoms with Crippen LogP contribution in [0.15, 0.2) is 89.1 Å². The Morgan fingerprint density at radius 2 is 1.53 bits per heavy atom. The molecular weight excluding hydrogens is 496 g/mol. The predicted octanol–water partition coefficient (Wildman–Crippen LogP) is 5.45. The molecule has 0 aliphatic heterocycles. The van der Waals surface area contributed by atoms with Crippen molar-refractivity contribution in [2.24, 2.45) is 0 Å². The first-order chi connectivity index (χ1) is 17.4. The van der Waals surface area contributed by atoms with Crippen molar-refractivity contribution in [2.45, 2.75) is 10.6 Å². The number of sulfone groups is 1. The number of ether oxygens (including phenoxy) is 2. The molecular formula is C27H24N2O5S2. The summed E-state index contributed by atoms with van der Waals surface area (Å²) in [5, 5.41) is 5.10. The lowest BCUT2D eigenvalue weighted by Gasteiger charge is -2.06. The maximum atomic E-state index is 12.7. The van der Waals surface area contributed by atoms with E-state index in [0.717, 1.165) is 17.0 Å². The van der Waals surface area contributed by atoms with Crippen LogP contribution in [0.5, 0.6) is 11.5 Å². The molecule has 7 nitrogen and oxygen atoms in total. The van der Waals surface area contributed by atoms with Gasteiger partial charge in [0, 0.05) is 17.0 Å². The Kier molecular flexibility index (Phi) is 7.82. The second-order valence-corrected chi connectivity index (χ2v) is 10.6. The minimum Gasteiger partial charge on any atom is -0.497 e. The monoisotopic (exact) mass is 520 g/mol. The number of hydrogen-bond acceptors (Lipinski definition) is 7. The summed E-state index contributed by atoms with van der Waals surface area (Å²) in [5.41, 5.74) is 3.05. The molecule has 0 aliphatic rings. The van der Waals surface area contributed by atoms with Gasteiger partial charge in [-0.25, -0.2) is 13.4 Å². The molecule has 0 radical (unpaired) electrons. The fraction of sp³-hybridized carbons (Fsp3) is 0.111. The van der Waals surface area contributed by atoms with Gasteiger partial charge in [-0.05, 0) is 65.7 Å². The molecule has 4 rings (SSSR count). The molecule has 1 N–H and O–H groups in total. The molecule has 1 amide bonds. The maximum Gasteiger partial charge on any atom is 0.250 e. The Morgan fingerprint density at radius 1 is 0.917 bits per heavy atom. The van der Waals surface area contributed by atoms with Crippen LogP contribution in [0.3, 0.4) is 0 Å². The molecule has 1 aromatic heterocycles. The van der Waals surface area contributed by atoms with Crippen molar-refractivity contribution < 1.29 is 22.7 Å². The van der Waals surface area contributed by atoms with Crippen molar-refractivity contribution in [3.63, 3.8) is 0 Å². The molecule has 0 atom stereocenters. The van der Waals surface area contributed by atoms with Gasteiger partial charge in [-0.1, -0.05) is 24.3 Å². The SMILES string of the molecule is COc1ccc(CS(=O)(=O)c2ccc(C=CC(=O)Nc3nc(-c4ccc(OC)cc4)cs3)cc2)cc1. The highest BCUT2D eigenvalue weighted by atomic mass is 32.2. The number of aromatic nitrogens is 1. The highest BCUT2D eigenvalue weighted by Gasteiger charge is 2.15. The summed E-state index contributed by atoms with van der Waals surface area (Å²) in [6.07, 6.45) is 3.00. The van der Waals surface area contributed by atoms with Crippen LogP contribution in [-0.4, -0.2) is 33.5 Å². The van der Waals surface area contributed by atoms with E-state index in [0.29, 0.717) is 22.0 Å². The van der Waals surface area contributed by atoms with Gasteiger partial charge in [0.15, 0.2) is 15.0 Å². The van der Waals surface area contributed by atoms with Crippen molar-refractivity contribution in [3.05, 3.63) is 95.4 Å². The lowest BCUT2D eigenvalue weighted by atomic mass is 10.2. The van der Waals surface area contributed by atoms with E-state index < -0.39 is 9.84 Å². The van der Waals surface area contributed by atoms with Crippen molar-refractivity contribution in [1.82, 2.24) is 4.98 Å². The molecule has 0 spiro atoms. The molecule has 0 saturated carbocycles. The average molecular weight is 521 g/mol. The standard InChI is InChI=1S/C27H24N2O5S2/c1-33-22-10-3-20(4-11-22)18-36(31,32)24-14-5-19(6-15-24)7-16-26(30)29-27-28-25(17-35-27)21-8-12-23(34-2)13-9-21/h3-17H,18H2,1-2H3,(H,28,29,30). The van der Waals surface area contributed by atoms with Gasteiger partial charge in [0.1, 0.15) is 11.5 Å². The largest absolute Gasteiger partial charge is 0.497 e. The number of anilines is 1. The number of hydrogen-bond donors (Lipinski definition) is 1. The molecule has 0 bridgehead atoms. The van der Waals surface area contributed by atoms with Gasteiger partial charge in [0.25, 0.3) is 0 Å². The number of nitrogens with one attached hydrogen (secondary N) is 1. The smallest absolute Gasteiger partial charge is 0.250 e. The number of rotatable bonds is 9. The Bertz CT molecular complexity index is 1460. The third-order valence-electron chi connectivity index (χ3n) is 5.30. The number of carbonyl (C=O) groups is 1. The van der Waals surface area contributed by atoms with Crippen LogP contribution < -0.4 is 14.8 Å². The van der Waals surface area contributed by atoms with Gasteiger partial charge in [-0.3, -0.25) is 10.1 Å². The number of amides is 1. The van der Waals surface area contributed by atoms with E-state index >= 15 is 0 Å². The molecule has 184 valence electrons. The molecule has 0 unspecified atom stereocenters. The van der Waals surface area contributed by atoms with Gasteiger partial charge in [-0.15, -0.1) is 11.3 Å². The lowest BCUT2D eigenvalue weighted by molar-refractivity contribution is -0.111. The van der Waals surface area contributed by atoms with Crippen molar-refractivity contribution in [1.29, 1.82) is 0 Å². The zero-order chi connectivity index (χ0) is 25.5. The molecule has 36 heavy (non-hydrogen) atoms. The van der Waals surface area contributed by atoms with E-state index in [4.69, 9.17) is 9.47 Å². The van der Waals surface area contributed by atoms with Crippen LogP contribution >= 0.6 is 11.3 Å². The Labute approximate surface area is 214 Å². The van der Waals surface area contributed by atoms with Crippen LogP contribution in [-0.2, 0) is 20.4 Å². The normalized spacial score (nSPS) is 11.4. The first kappa shape index (κ1) is 25.2. The van der Waals surface area contributed by atoms with Crippen LogP contribution in [0.4, 0.5) is 5.13 Å². The fourth-order valence-corrected chi connectivity index (χ4v) is 5.43. The number of carbonyl (C=O) groups excluding carboxylic acids is 1. The topological polar surface area (TPSA) is 94.6 Å². The van der Waals surface area contributed by atoms with Crippen molar-refractivity contribution in [3.8, 4) is 22.8 Å². The van der Waals surface area contributed by atoms with Crippen molar-refractivity contribution >= 4 is 38.3 Å². The zero-order valence-electron chi connectivity index (χ0n) is 19.7. The lowest BCUT2D eigenvalue weighted by Crippen LogP contribution is -2.07. The summed E-state index contributed by atoms with van der Waals surface area (Å²) in [6, 6.07) is 20.8. The van der Waals surface area contributed by atoms with E-state index in [-0.39, 0.29) is 16.6 Å². The number of nitrogens with zero attached hydrogens (tertiary/aromatic N) is 1. The maximum absolute atomic E-state index is 12.7. The molecule has 4 aromatic rings. The first-order valence-corrected chi connectivity index (χ1v) is 13.4. The van der Waals surface area contributed by atoms with E-state index in [1.165, 1.54) is 17.4 Å². The summed E-state index contributed by atoms with van der Waals surface area (Å²) in [6.45, 7) is 0. The molecule has 0 fully saturated rings. The summed E-state index contributed by atoms with van der Waals surface area (Å²) in [7, 11) is -0.334. The molecule has 0 aliphatic carbocycles. The fourth-order valence-electron chi connectivity index (χ4n) is 3.36. The Hall–Kier alpha value is -3.95. The van der Waals surface area contributed by atoms with Crippen LogP contribution in [0.25, 0.3) is 17.3 Å².